The number of amides is 2. The minimum absolute atomic E-state index is 0.00122. The van der Waals surface area contributed by atoms with E-state index in [9.17, 15) is 14.4 Å². The van der Waals surface area contributed by atoms with Crippen LogP contribution in [0.3, 0.4) is 0 Å². The van der Waals surface area contributed by atoms with Gasteiger partial charge in [-0.05, 0) is 18.8 Å². The molecule has 2 aliphatic rings. The fourth-order valence-corrected chi connectivity index (χ4v) is 2.63. The molecule has 2 rings (SSSR count). The number of carbonyl (C=O) groups excluding carboxylic acids is 2. The fourth-order valence-electron chi connectivity index (χ4n) is 2.63. The molecule has 0 aliphatic carbocycles. The predicted octanol–water partition coefficient (Wildman–Crippen LogP) is -0.870. The van der Waals surface area contributed by atoms with Crippen molar-refractivity contribution in [3.63, 3.8) is 0 Å². The standard InChI is InChI=1S/C13H21N3O4/c1-9-2-4-15(5-3-9)12(18)8-16-7-11(17)14-6-10(16)13(19)20/h9-10H,2-8H2,1H3,(H,14,17)(H,19,20). The summed E-state index contributed by atoms with van der Waals surface area (Å²) in [5, 5.41) is 11.7. The van der Waals surface area contributed by atoms with Gasteiger partial charge in [-0.25, -0.2) is 0 Å². The summed E-state index contributed by atoms with van der Waals surface area (Å²) in [5.41, 5.74) is 0. The van der Waals surface area contributed by atoms with Gasteiger partial charge in [0, 0.05) is 19.6 Å². The molecule has 2 N–H and O–H groups in total. The van der Waals surface area contributed by atoms with Crippen molar-refractivity contribution in [2.24, 2.45) is 5.92 Å². The van der Waals surface area contributed by atoms with Gasteiger partial charge < -0.3 is 15.3 Å². The maximum Gasteiger partial charge on any atom is 0.322 e. The summed E-state index contributed by atoms with van der Waals surface area (Å²) in [4.78, 5) is 37.9. The Morgan fingerprint density at radius 1 is 1.35 bits per heavy atom. The van der Waals surface area contributed by atoms with Crippen LogP contribution in [-0.4, -0.2) is 71.5 Å². The first kappa shape index (κ1) is 14.8. The van der Waals surface area contributed by atoms with E-state index in [2.05, 4.69) is 12.2 Å². The number of carboxylic acid groups (broad SMARTS) is 1. The van der Waals surface area contributed by atoms with E-state index in [4.69, 9.17) is 5.11 Å². The maximum absolute atomic E-state index is 12.2. The molecule has 0 aromatic rings. The molecule has 1 atom stereocenters. The molecule has 112 valence electrons. The van der Waals surface area contributed by atoms with Crippen LogP contribution in [0.4, 0.5) is 0 Å². The molecule has 20 heavy (non-hydrogen) atoms. The summed E-state index contributed by atoms with van der Waals surface area (Å²) in [6, 6.07) is -0.819. The molecule has 0 radical (unpaired) electrons. The number of piperidine rings is 1. The zero-order valence-corrected chi connectivity index (χ0v) is 11.7. The van der Waals surface area contributed by atoms with Gasteiger partial charge in [0.1, 0.15) is 6.04 Å². The third-order valence-electron chi connectivity index (χ3n) is 4.04. The second-order valence-corrected chi connectivity index (χ2v) is 5.63. The van der Waals surface area contributed by atoms with Crippen molar-refractivity contribution >= 4 is 17.8 Å². The number of piperazine rings is 1. The third kappa shape index (κ3) is 3.47. The lowest BCUT2D eigenvalue weighted by Gasteiger charge is -2.35. The van der Waals surface area contributed by atoms with E-state index >= 15 is 0 Å². The van der Waals surface area contributed by atoms with Crippen molar-refractivity contribution in [2.75, 3.05) is 32.7 Å². The average Bonchev–Trinajstić information content (AvgIpc) is 2.39. The van der Waals surface area contributed by atoms with Gasteiger partial charge in [0.05, 0.1) is 13.1 Å². The highest BCUT2D eigenvalue weighted by molar-refractivity contribution is 5.85. The molecule has 0 spiro atoms. The highest BCUT2D eigenvalue weighted by atomic mass is 16.4. The Morgan fingerprint density at radius 2 is 2.00 bits per heavy atom. The SMILES string of the molecule is CC1CCN(C(=O)CN2CC(=O)NCC2C(=O)O)CC1. The van der Waals surface area contributed by atoms with Crippen molar-refractivity contribution in [3.05, 3.63) is 0 Å². The third-order valence-corrected chi connectivity index (χ3v) is 4.04. The van der Waals surface area contributed by atoms with Gasteiger partial charge in [-0.2, -0.15) is 0 Å². The van der Waals surface area contributed by atoms with Gasteiger partial charge in [0.15, 0.2) is 0 Å². The smallest absolute Gasteiger partial charge is 0.322 e. The van der Waals surface area contributed by atoms with Crippen LogP contribution in [0.1, 0.15) is 19.8 Å². The second-order valence-electron chi connectivity index (χ2n) is 5.63. The summed E-state index contributed by atoms with van der Waals surface area (Å²) < 4.78 is 0. The monoisotopic (exact) mass is 283 g/mol. The minimum atomic E-state index is -1.01. The number of likely N-dealkylation sites (tertiary alicyclic amines) is 1. The van der Waals surface area contributed by atoms with Gasteiger partial charge in [-0.1, -0.05) is 6.92 Å². The van der Waals surface area contributed by atoms with Gasteiger partial charge in [-0.3, -0.25) is 19.3 Å². The second kappa shape index (κ2) is 6.21. The van der Waals surface area contributed by atoms with Crippen LogP contribution >= 0.6 is 0 Å². The molecule has 0 bridgehead atoms. The quantitative estimate of drug-likeness (QED) is 0.703. The largest absolute Gasteiger partial charge is 0.480 e. The number of nitrogens with one attached hydrogen (secondary N) is 1. The minimum Gasteiger partial charge on any atom is -0.480 e. The normalized spacial score (nSPS) is 25.4. The molecule has 7 nitrogen and oxygen atoms in total. The van der Waals surface area contributed by atoms with E-state index in [0.29, 0.717) is 5.92 Å². The molecule has 0 aromatic carbocycles. The summed E-state index contributed by atoms with van der Waals surface area (Å²) >= 11 is 0. The number of carboxylic acids is 1. The fraction of sp³-hybridized carbons (Fsp3) is 0.769. The molecule has 0 aromatic heterocycles. The molecular formula is C13H21N3O4. The van der Waals surface area contributed by atoms with Crippen LogP contribution < -0.4 is 5.32 Å². The van der Waals surface area contributed by atoms with E-state index in [1.165, 1.54) is 4.90 Å². The average molecular weight is 283 g/mol. The lowest BCUT2D eigenvalue weighted by Crippen LogP contribution is -2.59. The van der Waals surface area contributed by atoms with Crippen molar-refractivity contribution in [2.45, 2.75) is 25.8 Å². The number of nitrogens with zero attached hydrogens (tertiary/aromatic N) is 2. The van der Waals surface area contributed by atoms with Gasteiger partial charge in [-0.15, -0.1) is 0 Å². The van der Waals surface area contributed by atoms with Crippen LogP contribution in [0, 0.1) is 5.92 Å². The lowest BCUT2D eigenvalue weighted by molar-refractivity contribution is -0.147. The molecule has 7 heteroatoms. The lowest BCUT2D eigenvalue weighted by atomic mass is 9.99. The molecular weight excluding hydrogens is 262 g/mol. The summed E-state index contributed by atoms with van der Waals surface area (Å²) in [6.07, 6.45) is 1.96. The molecule has 2 fully saturated rings. The molecule has 2 amide bonds. The summed E-state index contributed by atoms with van der Waals surface area (Å²) in [5.74, 6) is -0.697. The van der Waals surface area contributed by atoms with Gasteiger partial charge >= 0.3 is 5.97 Å². The van der Waals surface area contributed by atoms with E-state index < -0.39 is 12.0 Å². The summed E-state index contributed by atoms with van der Waals surface area (Å²) in [7, 11) is 0. The first-order chi connectivity index (χ1) is 9.47. The van der Waals surface area contributed by atoms with Crippen LogP contribution in [0.25, 0.3) is 0 Å². The first-order valence-electron chi connectivity index (χ1n) is 6.98. The Labute approximate surface area is 117 Å². The van der Waals surface area contributed by atoms with E-state index in [-0.39, 0.29) is 31.4 Å². The molecule has 2 saturated heterocycles. The van der Waals surface area contributed by atoms with Crippen LogP contribution in [0.15, 0.2) is 0 Å². The van der Waals surface area contributed by atoms with Crippen LogP contribution in [0.5, 0.6) is 0 Å². The zero-order valence-electron chi connectivity index (χ0n) is 11.7. The predicted molar refractivity (Wildman–Crippen MR) is 71.0 cm³/mol. The number of hydrogen-bond donors (Lipinski definition) is 2. The van der Waals surface area contributed by atoms with Gasteiger partial charge in [0.25, 0.3) is 0 Å². The zero-order chi connectivity index (χ0) is 14.7. The highest BCUT2D eigenvalue weighted by Gasteiger charge is 2.34. The van der Waals surface area contributed by atoms with Crippen LogP contribution in [-0.2, 0) is 14.4 Å². The Hall–Kier alpha value is -1.63. The Morgan fingerprint density at radius 3 is 2.60 bits per heavy atom. The molecule has 2 heterocycles. The first-order valence-corrected chi connectivity index (χ1v) is 6.98. The highest BCUT2D eigenvalue weighted by Crippen LogP contribution is 2.16. The number of aliphatic carboxylic acids is 1. The van der Waals surface area contributed by atoms with Crippen molar-refractivity contribution in [1.29, 1.82) is 0 Å². The van der Waals surface area contributed by atoms with Crippen molar-refractivity contribution in [1.82, 2.24) is 15.1 Å². The number of hydrogen-bond acceptors (Lipinski definition) is 4. The number of carbonyl (C=O) groups is 3. The van der Waals surface area contributed by atoms with Gasteiger partial charge in [0.2, 0.25) is 11.8 Å². The summed E-state index contributed by atoms with van der Waals surface area (Å²) in [6.45, 7) is 3.62. The number of rotatable bonds is 3. The van der Waals surface area contributed by atoms with E-state index in [0.717, 1.165) is 25.9 Å². The topological polar surface area (TPSA) is 90.0 Å². The van der Waals surface area contributed by atoms with E-state index in [1.807, 2.05) is 0 Å². The molecule has 2 aliphatic heterocycles. The Balaban J connectivity index is 1.94. The molecule has 1 unspecified atom stereocenters. The maximum atomic E-state index is 12.2. The van der Waals surface area contributed by atoms with E-state index in [1.54, 1.807) is 4.90 Å². The van der Waals surface area contributed by atoms with Crippen LogP contribution in [0.2, 0.25) is 0 Å². The van der Waals surface area contributed by atoms with Crippen molar-refractivity contribution in [3.8, 4) is 0 Å². The van der Waals surface area contributed by atoms with Crippen molar-refractivity contribution < 1.29 is 19.5 Å². The Bertz CT molecular complexity index is 404. The Kier molecular flexibility index (Phi) is 4.59. The molecule has 0 saturated carbocycles.